The fourth-order valence-electron chi connectivity index (χ4n) is 2.23. The Labute approximate surface area is 84.7 Å². The molecule has 0 aromatic rings. The van der Waals surface area contributed by atoms with Gasteiger partial charge in [-0.2, -0.15) is 5.26 Å². The topological polar surface area (TPSA) is 27.0 Å². The second-order valence-corrected chi connectivity index (χ2v) is 15.6. The molecule has 0 fully saturated rings. The highest BCUT2D eigenvalue weighted by atomic mass is 28.4. The smallest absolute Gasteiger partial charge is 0.113 e. The summed E-state index contributed by atoms with van der Waals surface area (Å²) >= 11 is 0. The van der Waals surface area contributed by atoms with Gasteiger partial charge in [-0.3, -0.25) is 0 Å². The van der Waals surface area contributed by atoms with E-state index in [1.54, 1.807) is 0 Å². The predicted molar refractivity (Wildman–Crippen MR) is 63.6 cm³/mol. The Bertz CT molecular complexity index is 193. The lowest BCUT2D eigenvalue weighted by Crippen LogP contribution is -2.62. The first-order valence-electron chi connectivity index (χ1n) is 4.80. The lowest BCUT2D eigenvalue weighted by atomic mass is 10.4. The highest BCUT2D eigenvalue weighted by Gasteiger charge is 2.37. The van der Waals surface area contributed by atoms with Gasteiger partial charge >= 0.3 is 0 Å². The molecule has 0 aliphatic carbocycles. The first-order chi connectivity index (χ1) is 5.60. The summed E-state index contributed by atoms with van der Waals surface area (Å²) in [5.74, 6) is 0. The summed E-state index contributed by atoms with van der Waals surface area (Å²) in [6.45, 7) is 15.9. The van der Waals surface area contributed by atoms with E-state index in [1.807, 2.05) is 6.92 Å². The van der Waals surface area contributed by atoms with Gasteiger partial charge in [-0.05, 0) is 6.92 Å². The van der Waals surface area contributed by atoms with Gasteiger partial charge in [0.2, 0.25) is 0 Å². The van der Waals surface area contributed by atoms with Gasteiger partial charge < -0.3 is 4.23 Å². The monoisotopic (exact) mass is 214 g/mol. The van der Waals surface area contributed by atoms with Crippen molar-refractivity contribution in [1.29, 1.82) is 5.26 Å². The maximum absolute atomic E-state index is 8.98. The van der Waals surface area contributed by atoms with Crippen molar-refractivity contribution in [3.05, 3.63) is 0 Å². The second-order valence-electron chi connectivity index (χ2n) is 5.52. The molecule has 0 heterocycles. The van der Waals surface area contributed by atoms with Crippen LogP contribution >= 0.6 is 0 Å². The quantitative estimate of drug-likeness (QED) is 0.676. The van der Waals surface area contributed by atoms with Crippen molar-refractivity contribution in [2.45, 2.75) is 52.2 Å². The first kappa shape index (κ1) is 12.9. The van der Waals surface area contributed by atoms with Crippen LogP contribution in [0.5, 0.6) is 0 Å². The Morgan fingerprint density at radius 3 is 1.38 bits per heavy atom. The van der Waals surface area contributed by atoms with Crippen molar-refractivity contribution in [3.63, 3.8) is 0 Å². The van der Waals surface area contributed by atoms with Gasteiger partial charge in [0.1, 0.15) is 16.5 Å². The van der Waals surface area contributed by atoms with E-state index in [2.05, 4.69) is 49.6 Å². The molecule has 4 heteroatoms. The molecule has 0 rings (SSSR count). The molecule has 0 saturated carbocycles. The van der Waals surface area contributed by atoms with E-state index in [0.717, 1.165) is 0 Å². The Kier molecular flexibility index (Phi) is 3.91. The largest absolute Gasteiger partial charge is 0.331 e. The Hall–Kier alpha value is -0.116. The lowest BCUT2D eigenvalue weighted by Gasteiger charge is -2.45. The molecule has 76 valence electrons. The van der Waals surface area contributed by atoms with Crippen LogP contribution in [0.4, 0.5) is 0 Å². The first-order valence-corrected chi connectivity index (χ1v) is 11.7. The van der Waals surface area contributed by atoms with E-state index in [0.29, 0.717) is 0 Å². The minimum Gasteiger partial charge on any atom is -0.331 e. The van der Waals surface area contributed by atoms with Crippen LogP contribution in [-0.4, -0.2) is 26.7 Å². The van der Waals surface area contributed by atoms with Gasteiger partial charge in [-0.15, -0.1) is 0 Å². The zero-order valence-corrected chi connectivity index (χ0v) is 12.0. The molecule has 2 nitrogen and oxygen atoms in total. The van der Waals surface area contributed by atoms with Crippen molar-refractivity contribution in [2.24, 2.45) is 0 Å². The van der Waals surface area contributed by atoms with Gasteiger partial charge in [0, 0.05) is 0 Å². The third-order valence-electron chi connectivity index (χ3n) is 2.02. The van der Waals surface area contributed by atoms with E-state index < -0.39 is 16.5 Å². The molecule has 0 N–H and O–H groups in total. The van der Waals surface area contributed by atoms with E-state index in [1.165, 1.54) is 0 Å². The maximum atomic E-state index is 8.98. The zero-order valence-electron chi connectivity index (χ0n) is 9.97. The van der Waals surface area contributed by atoms with Crippen LogP contribution in [0.25, 0.3) is 0 Å². The maximum Gasteiger partial charge on any atom is 0.113 e. The molecule has 0 bridgehead atoms. The van der Waals surface area contributed by atoms with Crippen molar-refractivity contribution < 1.29 is 0 Å². The lowest BCUT2D eigenvalue weighted by molar-refractivity contribution is 0.560. The highest BCUT2D eigenvalue weighted by Crippen LogP contribution is 2.22. The van der Waals surface area contributed by atoms with Gasteiger partial charge in [0.15, 0.2) is 0 Å². The van der Waals surface area contributed by atoms with Crippen LogP contribution in [0, 0.1) is 11.3 Å². The van der Waals surface area contributed by atoms with Crippen molar-refractivity contribution in [3.8, 4) is 6.07 Å². The minimum absolute atomic E-state index is 0.0818. The predicted octanol–water partition coefficient (Wildman–Crippen LogP) is 2.87. The SMILES string of the molecule is CC(C#N)N([Si](C)(C)C)[Si](C)(C)C. The normalized spacial score (nSPS) is 15.6. The van der Waals surface area contributed by atoms with Crippen LogP contribution < -0.4 is 0 Å². The molecule has 0 aliphatic rings. The van der Waals surface area contributed by atoms with Crippen LogP contribution in [-0.2, 0) is 0 Å². The molecule has 1 unspecified atom stereocenters. The summed E-state index contributed by atoms with van der Waals surface area (Å²) in [5, 5.41) is 8.98. The molecule has 0 amide bonds. The van der Waals surface area contributed by atoms with E-state index in [4.69, 9.17) is 5.26 Å². The van der Waals surface area contributed by atoms with Crippen LogP contribution in [0.3, 0.4) is 0 Å². The average molecular weight is 214 g/mol. The third kappa shape index (κ3) is 3.63. The standard InChI is InChI=1S/C9H22N2Si2/c1-9(8-10)11(12(2,3)4)13(5,6)7/h9H,1-7H3. The molecule has 0 aromatic heterocycles. The Morgan fingerprint density at radius 2 is 1.31 bits per heavy atom. The van der Waals surface area contributed by atoms with Gasteiger partial charge in [0.25, 0.3) is 0 Å². The molecular weight excluding hydrogens is 192 g/mol. The fourth-order valence-corrected chi connectivity index (χ4v) is 12.7. The third-order valence-corrected chi connectivity index (χ3v) is 9.71. The zero-order chi connectivity index (χ0) is 10.9. The summed E-state index contributed by atoms with van der Waals surface area (Å²) in [4.78, 5) is 0. The van der Waals surface area contributed by atoms with Crippen LogP contribution in [0.1, 0.15) is 6.92 Å². The van der Waals surface area contributed by atoms with Gasteiger partial charge in [-0.1, -0.05) is 39.3 Å². The van der Waals surface area contributed by atoms with E-state index >= 15 is 0 Å². The second kappa shape index (κ2) is 3.95. The summed E-state index contributed by atoms with van der Waals surface area (Å²) in [5.41, 5.74) is 0. The molecule has 0 saturated heterocycles. The molecule has 0 radical (unpaired) electrons. The Balaban J connectivity index is 4.91. The highest BCUT2D eigenvalue weighted by molar-refractivity contribution is 6.89. The molecule has 13 heavy (non-hydrogen) atoms. The fraction of sp³-hybridized carbons (Fsp3) is 0.889. The van der Waals surface area contributed by atoms with Crippen molar-refractivity contribution in [2.75, 3.05) is 0 Å². The number of rotatable bonds is 3. The van der Waals surface area contributed by atoms with Crippen LogP contribution in [0.15, 0.2) is 0 Å². The number of hydrogen-bond donors (Lipinski definition) is 0. The minimum atomic E-state index is -1.33. The van der Waals surface area contributed by atoms with Gasteiger partial charge in [0.05, 0.1) is 12.1 Å². The van der Waals surface area contributed by atoms with Crippen LogP contribution in [0.2, 0.25) is 39.3 Å². The summed E-state index contributed by atoms with van der Waals surface area (Å²) in [7, 11) is -2.67. The van der Waals surface area contributed by atoms with Crippen molar-refractivity contribution >= 4 is 16.5 Å². The number of nitriles is 1. The summed E-state index contributed by atoms with van der Waals surface area (Å²) < 4.78 is 2.51. The Morgan fingerprint density at radius 1 is 1.00 bits per heavy atom. The molecule has 0 aliphatic heterocycles. The van der Waals surface area contributed by atoms with Crippen molar-refractivity contribution in [1.82, 2.24) is 4.23 Å². The summed E-state index contributed by atoms with van der Waals surface area (Å²) in [6, 6.07) is 2.46. The molecule has 0 aromatic carbocycles. The average Bonchev–Trinajstić information content (AvgIpc) is 1.80. The summed E-state index contributed by atoms with van der Waals surface area (Å²) in [6.07, 6.45) is 0. The number of nitrogens with zero attached hydrogens (tertiary/aromatic N) is 2. The van der Waals surface area contributed by atoms with Gasteiger partial charge in [-0.25, -0.2) is 0 Å². The van der Waals surface area contributed by atoms with E-state index in [9.17, 15) is 0 Å². The van der Waals surface area contributed by atoms with E-state index in [-0.39, 0.29) is 6.04 Å². The molecular formula is C9H22N2Si2. The molecule has 1 atom stereocenters. The molecule has 0 spiro atoms. The number of hydrogen-bond acceptors (Lipinski definition) is 2.